The molecule has 2 rings (SSSR count). The molecule has 0 saturated heterocycles. The Morgan fingerprint density at radius 3 is 2.75 bits per heavy atom. The van der Waals surface area contributed by atoms with Crippen LogP contribution in [0.15, 0.2) is 34.9 Å². The van der Waals surface area contributed by atoms with E-state index in [1.165, 1.54) is 16.9 Å². The number of hydrogen-bond donors (Lipinski definition) is 0. The van der Waals surface area contributed by atoms with Gasteiger partial charge in [0.25, 0.3) is 0 Å². The Labute approximate surface area is 100 Å². The fourth-order valence-corrected chi connectivity index (χ4v) is 1.96. The van der Waals surface area contributed by atoms with Crippen LogP contribution in [-0.4, -0.2) is 15.6 Å². The fourth-order valence-electron chi connectivity index (χ4n) is 1.44. The molecule has 0 aliphatic heterocycles. The second-order valence-electron chi connectivity index (χ2n) is 3.27. The van der Waals surface area contributed by atoms with E-state index in [-0.39, 0.29) is 11.3 Å². The van der Waals surface area contributed by atoms with Gasteiger partial charge in [0.05, 0.1) is 5.56 Å². The average molecular weight is 283 g/mol. The minimum Gasteiger partial charge on any atom is -0.287 e. The summed E-state index contributed by atoms with van der Waals surface area (Å²) in [5.74, 6) is -0.925. The highest BCUT2D eigenvalue weighted by Crippen LogP contribution is 2.22. The Bertz CT molecular complexity index is 530. The van der Waals surface area contributed by atoms with Crippen molar-refractivity contribution in [3.05, 3.63) is 52.0 Å². The molecule has 3 nitrogen and oxygen atoms in total. The predicted molar refractivity (Wildman–Crippen MR) is 60.7 cm³/mol. The largest absolute Gasteiger partial charge is 0.287 e. The van der Waals surface area contributed by atoms with Crippen molar-refractivity contribution in [1.82, 2.24) is 9.78 Å². The van der Waals surface area contributed by atoms with Crippen LogP contribution in [0, 0.1) is 5.82 Å². The van der Waals surface area contributed by atoms with Crippen molar-refractivity contribution in [3.8, 4) is 0 Å². The van der Waals surface area contributed by atoms with E-state index in [0.717, 1.165) is 0 Å². The van der Waals surface area contributed by atoms with E-state index >= 15 is 0 Å². The third-order valence-electron chi connectivity index (χ3n) is 2.24. The van der Waals surface area contributed by atoms with Crippen LogP contribution < -0.4 is 0 Å². The highest BCUT2D eigenvalue weighted by Gasteiger charge is 2.19. The molecule has 5 heteroatoms. The predicted octanol–water partition coefficient (Wildman–Crippen LogP) is 2.55. The Morgan fingerprint density at radius 1 is 1.44 bits per heavy atom. The molecule has 0 unspecified atom stereocenters. The van der Waals surface area contributed by atoms with Gasteiger partial charge in [-0.05, 0) is 34.1 Å². The van der Waals surface area contributed by atoms with E-state index in [0.29, 0.717) is 10.2 Å². The molecule has 82 valence electrons. The molecule has 0 aliphatic carbocycles. The second kappa shape index (κ2) is 4.17. The number of halogens is 2. The van der Waals surface area contributed by atoms with Crippen molar-refractivity contribution >= 4 is 21.7 Å². The molecule has 2 aromatic rings. The van der Waals surface area contributed by atoms with Crippen molar-refractivity contribution in [3.63, 3.8) is 0 Å². The van der Waals surface area contributed by atoms with Crippen LogP contribution in [0.2, 0.25) is 0 Å². The number of hydrogen-bond acceptors (Lipinski definition) is 2. The maximum Gasteiger partial charge on any atom is 0.215 e. The first-order valence-corrected chi connectivity index (χ1v) is 5.37. The SMILES string of the molecule is Cn1nccc1C(=O)c1c(F)cccc1Br. The Hall–Kier alpha value is -1.49. The normalized spacial score (nSPS) is 10.4. The Kier molecular flexibility index (Phi) is 2.87. The fraction of sp³-hybridized carbons (Fsp3) is 0.0909. The third kappa shape index (κ3) is 1.78. The zero-order valence-corrected chi connectivity index (χ0v) is 10.0. The number of aromatic nitrogens is 2. The van der Waals surface area contributed by atoms with Gasteiger partial charge in [-0.25, -0.2) is 4.39 Å². The lowest BCUT2D eigenvalue weighted by molar-refractivity contribution is 0.102. The lowest BCUT2D eigenvalue weighted by atomic mass is 10.1. The molecule has 16 heavy (non-hydrogen) atoms. The van der Waals surface area contributed by atoms with Crippen molar-refractivity contribution in [2.24, 2.45) is 7.05 Å². The molecule has 0 N–H and O–H groups in total. The van der Waals surface area contributed by atoms with Gasteiger partial charge >= 0.3 is 0 Å². The van der Waals surface area contributed by atoms with Crippen LogP contribution in [0.3, 0.4) is 0 Å². The molecule has 1 aromatic heterocycles. The summed E-state index contributed by atoms with van der Waals surface area (Å²) >= 11 is 3.17. The van der Waals surface area contributed by atoms with Crippen LogP contribution in [-0.2, 0) is 7.05 Å². The third-order valence-corrected chi connectivity index (χ3v) is 2.90. The summed E-state index contributed by atoms with van der Waals surface area (Å²) in [6.45, 7) is 0. The number of carbonyl (C=O) groups excluding carboxylic acids is 1. The first-order chi connectivity index (χ1) is 7.61. The van der Waals surface area contributed by atoms with E-state index < -0.39 is 5.82 Å². The second-order valence-corrected chi connectivity index (χ2v) is 4.12. The highest BCUT2D eigenvalue weighted by atomic mass is 79.9. The summed E-state index contributed by atoms with van der Waals surface area (Å²) in [7, 11) is 1.64. The molecule has 1 heterocycles. The lowest BCUT2D eigenvalue weighted by Crippen LogP contribution is -2.10. The maximum atomic E-state index is 13.5. The molecular formula is C11H8BrFN2O. The van der Waals surface area contributed by atoms with Gasteiger partial charge in [0.2, 0.25) is 5.78 Å². The summed E-state index contributed by atoms with van der Waals surface area (Å²) in [6.07, 6.45) is 1.50. The number of benzene rings is 1. The zero-order valence-electron chi connectivity index (χ0n) is 8.45. The molecule has 0 amide bonds. The topological polar surface area (TPSA) is 34.9 Å². The van der Waals surface area contributed by atoms with Crippen LogP contribution in [0.1, 0.15) is 16.1 Å². The van der Waals surface area contributed by atoms with E-state index in [4.69, 9.17) is 0 Å². The van der Waals surface area contributed by atoms with Crippen LogP contribution in [0.25, 0.3) is 0 Å². The summed E-state index contributed by atoms with van der Waals surface area (Å²) in [4.78, 5) is 12.0. The number of aryl methyl sites for hydroxylation is 1. The van der Waals surface area contributed by atoms with Crippen LogP contribution >= 0.6 is 15.9 Å². The van der Waals surface area contributed by atoms with Crippen LogP contribution in [0.4, 0.5) is 4.39 Å². The minimum absolute atomic E-state index is 0.0334. The first kappa shape index (κ1) is 11.0. The van der Waals surface area contributed by atoms with E-state index in [2.05, 4.69) is 21.0 Å². The zero-order chi connectivity index (χ0) is 11.7. The molecule has 0 saturated carbocycles. The number of nitrogens with zero attached hydrogens (tertiary/aromatic N) is 2. The molecule has 0 fully saturated rings. The first-order valence-electron chi connectivity index (χ1n) is 4.58. The Morgan fingerprint density at radius 2 is 2.19 bits per heavy atom. The van der Waals surface area contributed by atoms with E-state index in [1.54, 1.807) is 25.2 Å². The van der Waals surface area contributed by atoms with Gasteiger partial charge in [-0.2, -0.15) is 5.10 Å². The average Bonchev–Trinajstić information content (AvgIpc) is 2.64. The highest BCUT2D eigenvalue weighted by molar-refractivity contribution is 9.10. The van der Waals surface area contributed by atoms with Crippen molar-refractivity contribution in [1.29, 1.82) is 0 Å². The summed E-state index contributed by atoms with van der Waals surface area (Å²) in [5, 5.41) is 3.88. The quantitative estimate of drug-likeness (QED) is 0.794. The molecule has 0 spiro atoms. The van der Waals surface area contributed by atoms with Gasteiger partial charge in [-0.15, -0.1) is 0 Å². The Balaban J connectivity index is 2.54. The summed E-state index contributed by atoms with van der Waals surface area (Å²) < 4.78 is 15.4. The van der Waals surface area contributed by atoms with Crippen molar-refractivity contribution < 1.29 is 9.18 Å². The smallest absolute Gasteiger partial charge is 0.215 e. The standard InChI is InChI=1S/C11H8BrFN2O/c1-15-9(5-6-14-15)11(16)10-7(12)3-2-4-8(10)13/h2-6H,1H3. The monoisotopic (exact) mass is 282 g/mol. The molecular weight excluding hydrogens is 275 g/mol. The number of rotatable bonds is 2. The summed E-state index contributed by atoms with van der Waals surface area (Å²) in [6, 6.07) is 5.99. The molecule has 0 radical (unpaired) electrons. The maximum absolute atomic E-state index is 13.5. The van der Waals surface area contributed by atoms with E-state index in [1.807, 2.05) is 0 Å². The van der Waals surface area contributed by atoms with Gasteiger partial charge in [0.15, 0.2) is 0 Å². The molecule has 0 bridgehead atoms. The van der Waals surface area contributed by atoms with Gasteiger partial charge in [-0.3, -0.25) is 9.48 Å². The van der Waals surface area contributed by atoms with Gasteiger partial charge in [-0.1, -0.05) is 6.07 Å². The van der Waals surface area contributed by atoms with Crippen molar-refractivity contribution in [2.45, 2.75) is 0 Å². The molecule has 0 aliphatic rings. The van der Waals surface area contributed by atoms with Gasteiger partial charge in [0.1, 0.15) is 11.5 Å². The van der Waals surface area contributed by atoms with Gasteiger partial charge < -0.3 is 0 Å². The number of carbonyl (C=O) groups is 1. The van der Waals surface area contributed by atoms with Gasteiger partial charge in [0, 0.05) is 17.7 Å². The molecule has 1 aromatic carbocycles. The summed E-state index contributed by atoms with van der Waals surface area (Å²) in [5.41, 5.74) is 0.386. The van der Waals surface area contributed by atoms with Crippen LogP contribution in [0.5, 0.6) is 0 Å². The van der Waals surface area contributed by atoms with E-state index in [9.17, 15) is 9.18 Å². The lowest BCUT2D eigenvalue weighted by Gasteiger charge is -2.05. The number of ketones is 1. The molecule has 0 atom stereocenters. The van der Waals surface area contributed by atoms with Crippen molar-refractivity contribution in [2.75, 3.05) is 0 Å². The minimum atomic E-state index is -0.541.